The molecule has 0 radical (unpaired) electrons. The van der Waals surface area contributed by atoms with Crippen LogP contribution in [-0.2, 0) is 4.79 Å². The van der Waals surface area contributed by atoms with Crippen LogP contribution >= 0.6 is 0 Å². The fourth-order valence-electron chi connectivity index (χ4n) is 0. The molecule has 0 unspecified atom stereocenters. The van der Waals surface area contributed by atoms with E-state index in [1.165, 1.54) is 13.0 Å². The van der Waals surface area contributed by atoms with Crippen LogP contribution in [0.5, 0.6) is 0 Å². The number of carbonyl (C=O) groups is 1. The zero-order valence-electron chi connectivity index (χ0n) is 6.35. The Hall–Kier alpha value is -1.36. The maximum Gasteiger partial charge on any atom is 0.152 e. The maximum absolute atomic E-state index is 9.69. The lowest BCUT2D eigenvalue weighted by atomic mass is 10.4. The molecule has 0 aromatic heterocycles. The second-order valence-corrected chi connectivity index (χ2v) is 1.71. The highest BCUT2D eigenvalue weighted by molar-refractivity contribution is 5.86. The average molecular weight is 137 g/mol. The van der Waals surface area contributed by atoms with Crippen LogP contribution in [0, 0.1) is 11.3 Å². The smallest absolute Gasteiger partial charge is 0.152 e. The van der Waals surface area contributed by atoms with Crippen molar-refractivity contribution in [3.8, 4) is 6.07 Å². The molecule has 2 nitrogen and oxygen atoms in total. The molecule has 0 aliphatic rings. The number of rotatable bonds is 1. The Kier molecular flexibility index (Phi) is 8.74. The molecule has 0 saturated carbocycles. The molecule has 54 valence electrons. The van der Waals surface area contributed by atoms with E-state index in [1.807, 2.05) is 6.07 Å². The fourth-order valence-corrected chi connectivity index (χ4v) is 0. The van der Waals surface area contributed by atoms with Crippen LogP contribution in [0.3, 0.4) is 0 Å². The van der Waals surface area contributed by atoms with E-state index in [9.17, 15) is 4.79 Å². The van der Waals surface area contributed by atoms with Crippen molar-refractivity contribution in [2.45, 2.75) is 13.8 Å². The molecule has 0 aliphatic carbocycles. The third-order valence-corrected chi connectivity index (χ3v) is 0.478. The number of allylic oxidation sites excluding steroid dienone is 2. The zero-order valence-corrected chi connectivity index (χ0v) is 6.35. The largest absolute Gasteiger partial charge is 0.295 e. The molecule has 0 atom stereocenters. The van der Waals surface area contributed by atoms with Gasteiger partial charge in [-0.25, -0.2) is 0 Å². The lowest BCUT2D eigenvalue weighted by molar-refractivity contribution is -0.112. The van der Waals surface area contributed by atoms with Crippen molar-refractivity contribution in [3.63, 3.8) is 0 Å². The molecule has 0 aromatic carbocycles. The van der Waals surface area contributed by atoms with Crippen molar-refractivity contribution >= 4 is 5.78 Å². The van der Waals surface area contributed by atoms with Gasteiger partial charge < -0.3 is 0 Å². The molecule has 0 saturated heterocycles. The van der Waals surface area contributed by atoms with Crippen molar-refractivity contribution in [3.05, 3.63) is 24.8 Å². The second-order valence-electron chi connectivity index (χ2n) is 1.71. The Morgan fingerprint density at radius 3 is 1.80 bits per heavy atom. The molecule has 0 rings (SSSR count). The summed E-state index contributed by atoms with van der Waals surface area (Å²) in [4.78, 5) is 9.69. The van der Waals surface area contributed by atoms with E-state index in [1.54, 1.807) is 6.92 Å². The Morgan fingerprint density at radius 2 is 1.80 bits per heavy atom. The Labute approximate surface area is 61.5 Å². The summed E-state index contributed by atoms with van der Waals surface area (Å²) in [5, 5.41) is 7.79. The van der Waals surface area contributed by atoms with Crippen LogP contribution in [-0.4, -0.2) is 5.78 Å². The van der Waals surface area contributed by atoms with Crippen LogP contribution in [0.2, 0.25) is 0 Å². The molecule has 0 N–H and O–H groups in total. The lowest BCUT2D eigenvalue weighted by Gasteiger charge is -1.62. The first-order valence-electron chi connectivity index (χ1n) is 2.73. The number of ketones is 1. The van der Waals surface area contributed by atoms with Crippen molar-refractivity contribution < 1.29 is 4.79 Å². The van der Waals surface area contributed by atoms with E-state index in [2.05, 4.69) is 13.2 Å². The summed E-state index contributed by atoms with van der Waals surface area (Å²) >= 11 is 0. The van der Waals surface area contributed by atoms with Crippen molar-refractivity contribution in [2.75, 3.05) is 0 Å². The summed E-state index contributed by atoms with van der Waals surface area (Å²) in [5.41, 5.74) is 0.560. The topological polar surface area (TPSA) is 40.9 Å². The SMILES string of the molecule is C=C(C)C#N.C=CC(C)=O. The Bertz CT molecular complexity index is 174. The van der Waals surface area contributed by atoms with Crippen molar-refractivity contribution in [2.24, 2.45) is 0 Å². The van der Waals surface area contributed by atoms with Gasteiger partial charge in [0.05, 0.1) is 6.07 Å². The highest BCUT2D eigenvalue weighted by atomic mass is 16.1. The van der Waals surface area contributed by atoms with Crippen LogP contribution in [0.25, 0.3) is 0 Å². The lowest BCUT2D eigenvalue weighted by Crippen LogP contribution is -1.74. The Morgan fingerprint density at radius 1 is 1.60 bits per heavy atom. The summed E-state index contributed by atoms with van der Waals surface area (Å²) in [7, 11) is 0. The molecule has 0 spiro atoms. The molecular weight excluding hydrogens is 126 g/mol. The summed E-state index contributed by atoms with van der Waals surface area (Å²) < 4.78 is 0. The van der Waals surface area contributed by atoms with Crippen LogP contribution in [0.15, 0.2) is 24.8 Å². The van der Waals surface area contributed by atoms with Gasteiger partial charge in [0.1, 0.15) is 0 Å². The number of carbonyl (C=O) groups excluding carboxylic acids is 1. The predicted molar refractivity (Wildman–Crippen MR) is 41.3 cm³/mol. The first-order chi connectivity index (χ1) is 4.54. The van der Waals surface area contributed by atoms with E-state index >= 15 is 0 Å². The van der Waals surface area contributed by atoms with Gasteiger partial charge in [-0.15, -0.1) is 0 Å². The standard InChI is InChI=1S/C4H5N.C4H6O/c1-4(2)3-5;1-3-4(2)5/h1H2,2H3;3H,1H2,2H3. The minimum atomic E-state index is 0.0185. The molecule has 0 aliphatic heterocycles. The van der Waals surface area contributed by atoms with E-state index in [4.69, 9.17) is 5.26 Å². The van der Waals surface area contributed by atoms with Crippen LogP contribution in [0.4, 0.5) is 0 Å². The third kappa shape index (κ3) is 30.3. The minimum absolute atomic E-state index is 0.0185. The van der Waals surface area contributed by atoms with Gasteiger partial charge in [-0.2, -0.15) is 5.26 Å². The zero-order chi connectivity index (χ0) is 8.57. The van der Waals surface area contributed by atoms with Gasteiger partial charge in [0.2, 0.25) is 0 Å². The van der Waals surface area contributed by atoms with E-state index in [-0.39, 0.29) is 5.78 Å². The van der Waals surface area contributed by atoms with Gasteiger partial charge in [-0.1, -0.05) is 13.2 Å². The van der Waals surface area contributed by atoms with Gasteiger partial charge in [0.25, 0.3) is 0 Å². The second kappa shape index (κ2) is 7.64. The van der Waals surface area contributed by atoms with E-state index in [0.29, 0.717) is 5.57 Å². The quantitative estimate of drug-likeness (QED) is 0.408. The maximum atomic E-state index is 9.69. The Balaban J connectivity index is 0. The number of hydrogen-bond acceptors (Lipinski definition) is 2. The van der Waals surface area contributed by atoms with Crippen LogP contribution in [0.1, 0.15) is 13.8 Å². The van der Waals surface area contributed by atoms with Gasteiger partial charge in [-0.3, -0.25) is 4.79 Å². The highest BCUT2D eigenvalue weighted by Gasteiger charge is 1.69. The fraction of sp³-hybridized carbons (Fsp3) is 0.250. The third-order valence-electron chi connectivity index (χ3n) is 0.478. The predicted octanol–water partition coefficient (Wildman–Crippen LogP) is 1.85. The summed E-state index contributed by atoms with van der Waals surface area (Å²) in [6, 6.07) is 1.83. The molecular formula is C8H11NO. The van der Waals surface area contributed by atoms with Crippen molar-refractivity contribution in [1.29, 1.82) is 5.26 Å². The van der Waals surface area contributed by atoms with Gasteiger partial charge in [0, 0.05) is 5.57 Å². The monoisotopic (exact) mass is 137 g/mol. The number of nitrogens with zero attached hydrogens (tertiary/aromatic N) is 1. The van der Waals surface area contributed by atoms with Gasteiger partial charge >= 0.3 is 0 Å². The first kappa shape index (κ1) is 11.4. The van der Waals surface area contributed by atoms with Gasteiger partial charge in [-0.05, 0) is 19.9 Å². The minimum Gasteiger partial charge on any atom is -0.295 e. The summed E-state index contributed by atoms with van der Waals surface area (Å²) in [5.74, 6) is 0.0185. The normalized spacial score (nSPS) is 6.10. The summed E-state index contributed by atoms with van der Waals surface area (Å²) in [6.45, 7) is 9.66. The first-order valence-corrected chi connectivity index (χ1v) is 2.73. The van der Waals surface area contributed by atoms with Gasteiger partial charge in [0.15, 0.2) is 5.78 Å². The number of hydrogen-bond donors (Lipinski definition) is 0. The van der Waals surface area contributed by atoms with Crippen LogP contribution < -0.4 is 0 Å². The average Bonchev–Trinajstić information content (AvgIpc) is 1.89. The van der Waals surface area contributed by atoms with E-state index in [0.717, 1.165) is 0 Å². The van der Waals surface area contributed by atoms with E-state index < -0.39 is 0 Å². The molecule has 10 heavy (non-hydrogen) atoms. The highest BCUT2D eigenvalue weighted by Crippen LogP contribution is 1.74. The molecule has 0 amide bonds. The molecule has 2 heteroatoms. The van der Waals surface area contributed by atoms with Crippen molar-refractivity contribution in [1.82, 2.24) is 0 Å². The summed E-state index contributed by atoms with van der Waals surface area (Å²) in [6.07, 6.45) is 1.28. The molecule has 0 aromatic rings. The number of nitriles is 1. The molecule has 0 fully saturated rings. The molecule has 0 heterocycles. The molecule has 0 bridgehead atoms.